The first-order valence-corrected chi connectivity index (χ1v) is 7.10. The summed E-state index contributed by atoms with van der Waals surface area (Å²) < 4.78 is 10.7. The number of likely N-dealkylation sites (tertiary alicyclic amines) is 1. The Balaban J connectivity index is 1.78. The van der Waals surface area contributed by atoms with Crippen molar-refractivity contribution >= 4 is 6.03 Å². The zero-order valence-electron chi connectivity index (χ0n) is 11.9. The quantitative estimate of drug-likeness (QED) is 0.861. The van der Waals surface area contributed by atoms with Crippen molar-refractivity contribution in [1.82, 2.24) is 10.2 Å². The number of carbonyl (C=O) groups excluding carboxylic acids is 1. The van der Waals surface area contributed by atoms with E-state index in [-0.39, 0.29) is 12.8 Å². The maximum absolute atomic E-state index is 12.0. The van der Waals surface area contributed by atoms with Crippen LogP contribution in [0.3, 0.4) is 0 Å². The van der Waals surface area contributed by atoms with Crippen molar-refractivity contribution in [3.8, 4) is 11.5 Å². The van der Waals surface area contributed by atoms with Gasteiger partial charge in [0.25, 0.3) is 0 Å². The van der Waals surface area contributed by atoms with Gasteiger partial charge in [0.2, 0.25) is 0 Å². The molecule has 0 atom stereocenters. The number of para-hydroxylation sites is 2. The van der Waals surface area contributed by atoms with Gasteiger partial charge >= 0.3 is 6.03 Å². The molecular formula is C15H22N2O3. The second-order valence-electron chi connectivity index (χ2n) is 4.82. The van der Waals surface area contributed by atoms with Crippen LogP contribution < -0.4 is 14.8 Å². The van der Waals surface area contributed by atoms with E-state index in [1.165, 1.54) is 12.8 Å². The maximum atomic E-state index is 12.0. The molecule has 0 saturated carbocycles. The van der Waals surface area contributed by atoms with Gasteiger partial charge in [0, 0.05) is 13.1 Å². The lowest BCUT2D eigenvalue weighted by Crippen LogP contribution is -2.41. The molecule has 1 aromatic carbocycles. The van der Waals surface area contributed by atoms with Crippen molar-refractivity contribution in [3.05, 3.63) is 24.3 Å². The summed E-state index contributed by atoms with van der Waals surface area (Å²) in [4.78, 5) is 13.9. The Morgan fingerprint density at radius 1 is 1.15 bits per heavy atom. The van der Waals surface area contributed by atoms with Crippen molar-refractivity contribution in [2.24, 2.45) is 0 Å². The van der Waals surface area contributed by atoms with E-state index in [2.05, 4.69) is 5.32 Å². The van der Waals surface area contributed by atoms with Crippen LogP contribution in [-0.2, 0) is 0 Å². The van der Waals surface area contributed by atoms with Crippen LogP contribution in [0.15, 0.2) is 24.3 Å². The molecule has 0 aromatic heterocycles. The normalized spacial score (nSPS) is 15.3. The van der Waals surface area contributed by atoms with E-state index in [9.17, 15) is 4.79 Å². The van der Waals surface area contributed by atoms with Gasteiger partial charge < -0.3 is 19.7 Å². The number of hydrogen-bond acceptors (Lipinski definition) is 3. The highest BCUT2D eigenvalue weighted by Crippen LogP contribution is 2.25. The summed E-state index contributed by atoms with van der Waals surface area (Å²) in [5.41, 5.74) is 0. The van der Waals surface area contributed by atoms with E-state index in [0.717, 1.165) is 25.9 Å². The molecule has 20 heavy (non-hydrogen) atoms. The third-order valence-electron chi connectivity index (χ3n) is 3.41. The lowest BCUT2D eigenvalue weighted by molar-refractivity contribution is 0.185. The Hall–Kier alpha value is -1.91. The number of methoxy groups -OCH3 is 1. The molecule has 2 rings (SSSR count). The maximum Gasteiger partial charge on any atom is 0.320 e. The fourth-order valence-electron chi connectivity index (χ4n) is 2.30. The number of nitrogens with zero attached hydrogens (tertiary/aromatic N) is 1. The van der Waals surface area contributed by atoms with E-state index in [0.29, 0.717) is 11.5 Å². The van der Waals surface area contributed by atoms with Crippen LogP contribution >= 0.6 is 0 Å². The highest BCUT2D eigenvalue weighted by atomic mass is 16.5. The summed E-state index contributed by atoms with van der Waals surface area (Å²) in [5, 5.41) is 2.79. The van der Waals surface area contributed by atoms with Gasteiger partial charge in [0.05, 0.1) is 7.11 Å². The Labute approximate surface area is 119 Å². The lowest BCUT2D eigenvalue weighted by atomic mass is 10.2. The second-order valence-corrected chi connectivity index (χ2v) is 4.82. The van der Waals surface area contributed by atoms with E-state index < -0.39 is 0 Å². The predicted molar refractivity (Wildman–Crippen MR) is 77.1 cm³/mol. The van der Waals surface area contributed by atoms with E-state index in [1.807, 2.05) is 29.2 Å². The van der Waals surface area contributed by atoms with Crippen molar-refractivity contribution in [1.29, 1.82) is 0 Å². The van der Waals surface area contributed by atoms with Crippen LogP contribution in [0.25, 0.3) is 0 Å². The number of urea groups is 1. The number of ether oxygens (including phenoxy) is 2. The predicted octanol–water partition coefficient (Wildman–Crippen LogP) is 2.62. The molecule has 0 aliphatic carbocycles. The first kappa shape index (κ1) is 14.5. The molecule has 0 bridgehead atoms. The van der Waals surface area contributed by atoms with Crippen molar-refractivity contribution < 1.29 is 14.3 Å². The molecule has 1 heterocycles. The summed E-state index contributed by atoms with van der Waals surface area (Å²) in [6.45, 7) is 1.82. The number of nitrogens with one attached hydrogen (secondary N) is 1. The Bertz CT molecular complexity index is 429. The van der Waals surface area contributed by atoms with Crippen molar-refractivity contribution in [2.45, 2.75) is 25.7 Å². The van der Waals surface area contributed by atoms with Gasteiger partial charge in [-0.15, -0.1) is 0 Å². The molecule has 0 radical (unpaired) electrons. The molecule has 1 aliphatic heterocycles. The number of carbonyl (C=O) groups is 1. The standard InChI is InChI=1S/C15H22N2O3/c1-19-13-8-4-5-9-14(13)20-12-16-15(18)17-10-6-2-3-7-11-17/h4-5,8-9H,2-3,6-7,10-12H2,1H3,(H,16,18). The van der Waals surface area contributed by atoms with Crippen LogP contribution in [0.5, 0.6) is 11.5 Å². The molecular weight excluding hydrogens is 256 g/mol. The number of rotatable bonds is 4. The molecule has 1 aliphatic rings. The molecule has 1 saturated heterocycles. The SMILES string of the molecule is COc1ccccc1OCNC(=O)N1CCCCCC1. The van der Waals surface area contributed by atoms with E-state index in [4.69, 9.17) is 9.47 Å². The molecule has 110 valence electrons. The molecule has 2 amide bonds. The fourth-order valence-corrected chi connectivity index (χ4v) is 2.30. The monoisotopic (exact) mass is 278 g/mol. The van der Waals surface area contributed by atoms with Crippen LogP contribution in [-0.4, -0.2) is 37.9 Å². The van der Waals surface area contributed by atoms with Gasteiger partial charge in [-0.2, -0.15) is 0 Å². The molecule has 5 nitrogen and oxygen atoms in total. The summed E-state index contributed by atoms with van der Waals surface area (Å²) >= 11 is 0. The molecule has 1 N–H and O–H groups in total. The molecule has 5 heteroatoms. The smallest absolute Gasteiger partial charge is 0.320 e. The first-order valence-electron chi connectivity index (χ1n) is 7.10. The van der Waals surface area contributed by atoms with Crippen molar-refractivity contribution in [2.75, 3.05) is 26.9 Å². The van der Waals surface area contributed by atoms with Crippen LogP contribution in [0.1, 0.15) is 25.7 Å². The number of hydrogen-bond donors (Lipinski definition) is 1. The molecule has 0 unspecified atom stereocenters. The lowest BCUT2D eigenvalue weighted by Gasteiger charge is -2.21. The highest BCUT2D eigenvalue weighted by Gasteiger charge is 2.14. The second kappa shape index (κ2) is 7.62. The summed E-state index contributed by atoms with van der Waals surface area (Å²) in [5.74, 6) is 1.29. The van der Waals surface area contributed by atoms with Gasteiger partial charge in [-0.25, -0.2) is 4.79 Å². The molecule has 1 aromatic rings. The van der Waals surface area contributed by atoms with Crippen LogP contribution in [0, 0.1) is 0 Å². The first-order chi connectivity index (χ1) is 9.81. The summed E-state index contributed by atoms with van der Waals surface area (Å²) in [6.07, 6.45) is 4.59. The average Bonchev–Trinajstić information content (AvgIpc) is 2.77. The number of amides is 2. The van der Waals surface area contributed by atoms with Gasteiger partial charge in [-0.3, -0.25) is 0 Å². The highest BCUT2D eigenvalue weighted by molar-refractivity contribution is 5.74. The van der Waals surface area contributed by atoms with E-state index >= 15 is 0 Å². The molecule has 0 spiro atoms. The topological polar surface area (TPSA) is 50.8 Å². The summed E-state index contributed by atoms with van der Waals surface area (Å²) in [7, 11) is 1.60. The fraction of sp³-hybridized carbons (Fsp3) is 0.533. The van der Waals surface area contributed by atoms with Crippen molar-refractivity contribution in [3.63, 3.8) is 0 Å². The minimum atomic E-state index is -0.0539. The van der Waals surface area contributed by atoms with Gasteiger partial charge in [0.15, 0.2) is 18.2 Å². The van der Waals surface area contributed by atoms with Gasteiger partial charge in [0.1, 0.15) is 0 Å². The Kier molecular flexibility index (Phi) is 5.53. The minimum absolute atomic E-state index is 0.0539. The Morgan fingerprint density at radius 3 is 2.45 bits per heavy atom. The van der Waals surface area contributed by atoms with E-state index in [1.54, 1.807) is 7.11 Å². The van der Waals surface area contributed by atoms with Gasteiger partial charge in [-0.1, -0.05) is 25.0 Å². The van der Waals surface area contributed by atoms with Gasteiger partial charge in [-0.05, 0) is 25.0 Å². The zero-order valence-corrected chi connectivity index (χ0v) is 11.9. The van der Waals surface area contributed by atoms with Crippen LogP contribution in [0.2, 0.25) is 0 Å². The minimum Gasteiger partial charge on any atom is -0.493 e. The third-order valence-corrected chi connectivity index (χ3v) is 3.41. The Morgan fingerprint density at radius 2 is 1.80 bits per heavy atom. The largest absolute Gasteiger partial charge is 0.493 e. The average molecular weight is 278 g/mol. The number of benzene rings is 1. The molecule has 1 fully saturated rings. The summed E-state index contributed by atoms with van der Waals surface area (Å²) in [6, 6.07) is 7.33. The van der Waals surface area contributed by atoms with Crippen LogP contribution in [0.4, 0.5) is 4.79 Å². The zero-order chi connectivity index (χ0) is 14.2. The third kappa shape index (κ3) is 4.05.